The quantitative estimate of drug-likeness (QED) is 0.619. The van der Waals surface area contributed by atoms with Crippen LogP contribution in [0.15, 0.2) is 12.4 Å². The molecule has 0 aliphatic heterocycles. The number of aromatic nitrogens is 2. The minimum absolute atomic E-state index is 0.636. The second kappa shape index (κ2) is 3.00. The molecule has 0 radical (unpaired) electrons. The molecule has 0 spiro atoms. The van der Waals surface area contributed by atoms with Crippen molar-refractivity contribution in [1.29, 1.82) is 0 Å². The predicted molar refractivity (Wildman–Crippen MR) is 37.6 cm³/mol. The highest BCUT2D eigenvalue weighted by molar-refractivity contribution is 5.69. The normalized spacial score (nSPS) is 9.30. The van der Waals surface area contributed by atoms with Crippen molar-refractivity contribution < 1.29 is 4.79 Å². The molecule has 10 heavy (non-hydrogen) atoms. The number of carbonyl (C=O) groups excluding carboxylic acids is 1. The first kappa shape index (κ1) is 6.80. The maximum Gasteiger partial charge on any atom is 0.211 e. The molecule has 4 heteroatoms. The molecule has 1 aromatic rings. The van der Waals surface area contributed by atoms with Gasteiger partial charge in [-0.1, -0.05) is 0 Å². The Morgan fingerprint density at radius 3 is 3.20 bits per heavy atom. The van der Waals surface area contributed by atoms with E-state index in [0.29, 0.717) is 6.41 Å². The molecular formula is C6H9N3O. The van der Waals surface area contributed by atoms with Gasteiger partial charge in [0, 0.05) is 12.7 Å². The molecule has 0 atom stereocenters. The van der Waals surface area contributed by atoms with Crippen LogP contribution in [0.1, 0.15) is 6.92 Å². The number of anilines is 1. The summed E-state index contributed by atoms with van der Waals surface area (Å²) in [6.07, 6.45) is 4.02. The van der Waals surface area contributed by atoms with Gasteiger partial charge in [-0.05, 0) is 6.92 Å². The van der Waals surface area contributed by atoms with Crippen molar-refractivity contribution in [3.8, 4) is 0 Å². The molecule has 1 aromatic heterocycles. The van der Waals surface area contributed by atoms with Crippen LogP contribution < -0.4 is 5.32 Å². The Morgan fingerprint density at radius 1 is 1.90 bits per heavy atom. The van der Waals surface area contributed by atoms with E-state index in [9.17, 15) is 4.79 Å². The Labute approximate surface area is 58.8 Å². The van der Waals surface area contributed by atoms with E-state index >= 15 is 0 Å². The first-order chi connectivity index (χ1) is 4.86. The van der Waals surface area contributed by atoms with Gasteiger partial charge in [-0.25, -0.2) is 0 Å². The van der Waals surface area contributed by atoms with Gasteiger partial charge in [-0.15, -0.1) is 0 Å². The SMILES string of the molecule is CCn1cc(NC=O)cn1. The summed E-state index contributed by atoms with van der Waals surface area (Å²) in [6, 6.07) is 0. The van der Waals surface area contributed by atoms with E-state index in [4.69, 9.17) is 0 Å². The molecule has 1 N–H and O–H groups in total. The van der Waals surface area contributed by atoms with E-state index in [1.807, 2.05) is 6.92 Å². The highest BCUT2D eigenvalue weighted by Crippen LogP contribution is 2.01. The molecule has 54 valence electrons. The summed E-state index contributed by atoms with van der Waals surface area (Å²) in [7, 11) is 0. The monoisotopic (exact) mass is 139 g/mol. The summed E-state index contributed by atoms with van der Waals surface area (Å²) in [4.78, 5) is 9.92. The Hall–Kier alpha value is -1.32. The van der Waals surface area contributed by atoms with Gasteiger partial charge in [0.15, 0.2) is 0 Å². The minimum atomic E-state index is 0.636. The topological polar surface area (TPSA) is 46.9 Å². The summed E-state index contributed by atoms with van der Waals surface area (Å²) in [6.45, 7) is 2.80. The van der Waals surface area contributed by atoms with Crippen LogP contribution >= 0.6 is 0 Å². The highest BCUT2D eigenvalue weighted by Gasteiger charge is 1.92. The number of nitrogens with one attached hydrogen (secondary N) is 1. The van der Waals surface area contributed by atoms with Crippen LogP contribution in [0, 0.1) is 0 Å². The van der Waals surface area contributed by atoms with Crippen molar-refractivity contribution in [2.24, 2.45) is 0 Å². The lowest BCUT2D eigenvalue weighted by Crippen LogP contribution is -1.93. The third-order valence-electron chi connectivity index (χ3n) is 1.18. The van der Waals surface area contributed by atoms with E-state index in [-0.39, 0.29) is 0 Å². The fourth-order valence-electron chi connectivity index (χ4n) is 0.679. The molecule has 1 heterocycles. The molecule has 0 aliphatic carbocycles. The van der Waals surface area contributed by atoms with Gasteiger partial charge in [-0.2, -0.15) is 5.10 Å². The molecule has 0 unspecified atom stereocenters. The second-order valence-corrected chi connectivity index (χ2v) is 1.85. The van der Waals surface area contributed by atoms with Gasteiger partial charge < -0.3 is 5.32 Å². The van der Waals surface area contributed by atoms with Crippen molar-refractivity contribution in [1.82, 2.24) is 9.78 Å². The molecule has 0 fully saturated rings. The second-order valence-electron chi connectivity index (χ2n) is 1.85. The number of rotatable bonds is 3. The molecule has 0 saturated heterocycles. The summed E-state index contributed by atoms with van der Waals surface area (Å²) in [5, 5.41) is 6.45. The molecule has 0 bridgehead atoms. The lowest BCUT2D eigenvalue weighted by atomic mass is 10.6. The van der Waals surface area contributed by atoms with Crippen molar-refractivity contribution in [2.45, 2.75) is 13.5 Å². The van der Waals surface area contributed by atoms with Crippen LogP contribution in [0.3, 0.4) is 0 Å². The molecule has 4 nitrogen and oxygen atoms in total. The average Bonchev–Trinajstić information content (AvgIpc) is 2.37. The van der Waals surface area contributed by atoms with Crippen LogP contribution in [0.25, 0.3) is 0 Å². The fourth-order valence-corrected chi connectivity index (χ4v) is 0.679. The Bertz CT molecular complexity index is 219. The van der Waals surface area contributed by atoms with Crippen molar-refractivity contribution >= 4 is 12.1 Å². The summed E-state index contributed by atoms with van der Waals surface area (Å²) >= 11 is 0. The zero-order valence-electron chi connectivity index (χ0n) is 5.74. The van der Waals surface area contributed by atoms with E-state index in [1.165, 1.54) is 0 Å². The summed E-state index contributed by atoms with van der Waals surface area (Å²) in [5.41, 5.74) is 0.733. The number of hydrogen-bond donors (Lipinski definition) is 1. The predicted octanol–water partition coefficient (Wildman–Crippen LogP) is 0.471. The van der Waals surface area contributed by atoms with E-state index in [0.717, 1.165) is 12.2 Å². The van der Waals surface area contributed by atoms with Gasteiger partial charge in [0.2, 0.25) is 6.41 Å². The first-order valence-corrected chi connectivity index (χ1v) is 3.09. The smallest absolute Gasteiger partial charge is 0.211 e. The van der Waals surface area contributed by atoms with Crippen LogP contribution in [0.2, 0.25) is 0 Å². The maximum absolute atomic E-state index is 9.92. The Balaban J connectivity index is 2.67. The molecule has 0 aliphatic rings. The summed E-state index contributed by atoms with van der Waals surface area (Å²) in [5.74, 6) is 0. The molecule has 1 amide bonds. The van der Waals surface area contributed by atoms with Gasteiger partial charge in [-0.3, -0.25) is 9.48 Å². The van der Waals surface area contributed by atoms with E-state index in [1.54, 1.807) is 17.1 Å². The standard InChI is InChI=1S/C6H9N3O/c1-2-9-4-6(3-8-9)7-5-10/h3-5H,2H2,1H3,(H,7,10). The largest absolute Gasteiger partial charge is 0.326 e. The Morgan fingerprint density at radius 2 is 2.70 bits per heavy atom. The number of nitrogens with zero attached hydrogens (tertiary/aromatic N) is 2. The number of amides is 1. The van der Waals surface area contributed by atoms with Crippen LogP contribution in [-0.4, -0.2) is 16.2 Å². The minimum Gasteiger partial charge on any atom is -0.326 e. The van der Waals surface area contributed by atoms with E-state index in [2.05, 4.69) is 10.4 Å². The van der Waals surface area contributed by atoms with Gasteiger partial charge in [0.1, 0.15) is 0 Å². The van der Waals surface area contributed by atoms with Gasteiger partial charge >= 0.3 is 0 Å². The van der Waals surface area contributed by atoms with Crippen molar-refractivity contribution in [2.75, 3.05) is 5.32 Å². The number of carbonyl (C=O) groups is 1. The highest BCUT2D eigenvalue weighted by atomic mass is 16.1. The molecule has 0 saturated carbocycles. The van der Waals surface area contributed by atoms with Crippen LogP contribution in [0.5, 0.6) is 0 Å². The van der Waals surface area contributed by atoms with Crippen molar-refractivity contribution in [3.63, 3.8) is 0 Å². The summed E-state index contributed by atoms with van der Waals surface area (Å²) < 4.78 is 1.74. The fraction of sp³-hybridized carbons (Fsp3) is 0.333. The molecule has 1 rings (SSSR count). The Kier molecular flexibility index (Phi) is 2.04. The van der Waals surface area contributed by atoms with Crippen LogP contribution in [-0.2, 0) is 11.3 Å². The lowest BCUT2D eigenvalue weighted by molar-refractivity contribution is -0.105. The number of hydrogen-bond acceptors (Lipinski definition) is 2. The lowest BCUT2D eigenvalue weighted by Gasteiger charge is -1.90. The zero-order valence-corrected chi connectivity index (χ0v) is 5.74. The zero-order chi connectivity index (χ0) is 7.40. The average molecular weight is 139 g/mol. The molecular weight excluding hydrogens is 130 g/mol. The third-order valence-corrected chi connectivity index (χ3v) is 1.18. The van der Waals surface area contributed by atoms with Crippen molar-refractivity contribution in [3.05, 3.63) is 12.4 Å². The van der Waals surface area contributed by atoms with Crippen LogP contribution in [0.4, 0.5) is 5.69 Å². The first-order valence-electron chi connectivity index (χ1n) is 3.09. The maximum atomic E-state index is 9.92. The van der Waals surface area contributed by atoms with Gasteiger partial charge in [0.05, 0.1) is 11.9 Å². The molecule has 0 aromatic carbocycles. The van der Waals surface area contributed by atoms with E-state index < -0.39 is 0 Å². The van der Waals surface area contributed by atoms with Gasteiger partial charge in [0.25, 0.3) is 0 Å². The number of aryl methyl sites for hydroxylation is 1. The third kappa shape index (κ3) is 1.34.